The minimum absolute atomic E-state index is 0.295. The summed E-state index contributed by atoms with van der Waals surface area (Å²) in [6.07, 6.45) is 7.58. The molecule has 1 aliphatic carbocycles. The van der Waals surface area contributed by atoms with Crippen LogP contribution in [0.5, 0.6) is 0 Å². The van der Waals surface area contributed by atoms with E-state index in [4.69, 9.17) is 0 Å². The SMILES string of the molecule is O=S1(=O)CCCC(CCC2(O)CCCC2)C1. The number of rotatable bonds is 3. The van der Waals surface area contributed by atoms with Crippen LogP contribution < -0.4 is 0 Å². The normalized spacial score (nSPS) is 32.7. The predicted octanol–water partition coefficient (Wildman–Crippen LogP) is 1.90. The number of aliphatic hydroxyl groups is 1. The number of hydrogen-bond acceptors (Lipinski definition) is 3. The summed E-state index contributed by atoms with van der Waals surface area (Å²) in [5.41, 5.74) is -0.471. The van der Waals surface area contributed by atoms with Crippen molar-refractivity contribution < 1.29 is 13.5 Å². The molecule has 1 N–H and O–H groups in total. The molecule has 1 heterocycles. The summed E-state index contributed by atoms with van der Waals surface area (Å²) in [6.45, 7) is 0. The first-order chi connectivity index (χ1) is 7.49. The van der Waals surface area contributed by atoms with Crippen molar-refractivity contribution in [1.82, 2.24) is 0 Å². The van der Waals surface area contributed by atoms with E-state index in [0.717, 1.165) is 51.4 Å². The second-order valence-electron chi connectivity index (χ2n) is 5.59. The zero-order valence-electron chi connectivity index (χ0n) is 9.82. The monoisotopic (exact) mass is 246 g/mol. The fourth-order valence-electron chi connectivity index (χ4n) is 3.10. The van der Waals surface area contributed by atoms with Crippen LogP contribution in [0.15, 0.2) is 0 Å². The average Bonchev–Trinajstić information content (AvgIpc) is 2.62. The van der Waals surface area contributed by atoms with Crippen LogP contribution in [0, 0.1) is 5.92 Å². The predicted molar refractivity (Wildman–Crippen MR) is 64.0 cm³/mol. The quantitative estimate of drug-likeness (QED) is 0.827. The molecular formula is C12H22O3S. The molecule has 94 valence electrons. The van der Waals surface area contributed by atoms with E-state index in [9.17, 15) is 13.5 Å². The van der Waals surface area contributed by atoms with Crippen LogP contribution in [0.4, 0.5) is 0 Å². The Bertz CT molecular complexity index is 328. The molecule has 1 atom stereocenters. The van der Waals surface area contributed by atoms with Gasteiger partial charge in [0.1, 0.15) is 0 Å². The summed E-state index contributed by atoms with van der Waals surface area (Å²) in [4.78, 5) is 0. The molecule has 1 aliphatic heterocycles. The molecule has 2 rings (SSSR count). The van der Waals surface area contributed by atoms with Crippen molar-refractivity contribution in [1.29, 1.82) is 0 Å². The molecule has 3 nitrogen and oxygen atoms in total. The highest BCUT2D eigenvalue weighted by atomic mass is 32.2. The molecule has 0 aromatic carbocycles. The van der Waals surface area contributed by atoms with Gasteiger partial charge in [-0.25, -0.2) is 8.42 Å². The maximum atomic E-state index is 11.5. The molecule has 4 heteroatoms. The third-order valence-corrected chi connectivity index (χ3v) is 6.00. The van der Waals surface area contributed by atoms with E-state index in [-0.39, 0.29) is 0 Å². The van der Waals surface area contributed by atoms with E-state index in [1.807, 2.05) is 0 Å². The summed E-state index contributed by atoms with van der Waals surface area (Å²) in [6, 6.07) is 0. The summed E-state index contributed by atoms with van der Waals surface area (Å²) < 4.78 is 22.9. The third-order valence-electron chi connectivity index (χ3n) is 4.11. The van der Waals surface area contributed by atoms with Crippen LogP contribution in [0.2, 0.25) is 0 Å². The second-order valence-corrected chi connectivity index (χ2v) is 7.82. The maximum Gasteiger partial charge on any atom is 0.150 e. The molecule has 0 amide bonds. The Hall–Kier alpha value is -0.0900. The maximum absolute atomic E-state index is 11.5. The van der Waals surface area contributed by atoms with Gasteiger partial charge in [-0.2, -0.15) is 0 Å². The molecule has 1 saturated carbocycles. The number of hydrogen-bond donors (Lipinski definition) is 1. The minimum atomic E-state index is -2.78. The van der Waals surface area contributed by atoms with Gasteiger partial charge in [0.2, 0.25) is 0 Å². The van der Waals surface area contributed by atoms with E-state index in [2.05, 4.69) is 0 Å². The molecule has 16 heavy (non-hydrogen) atoms. The second kappa shape index (κ2) is 4.65. The topological polar surface area (TPSA) is 54.4 Å². The average molecular weight is 246 g/mol. The van der Waals surface area contributed by atoms with E-state index < -0.39 is 15.4 Å². The minimum Gasteiger partial charge on any atom is -0.390 e. The molecule has 2 fully saturated rings. The molecule has 0 spiro atoms. The van der Waals surface area contributed by atoms with Crippen LogP contribution >= 0.6 is 0 Å². The zero-order valence-corrected chi connectivity index (χ0v) is 10.6. The Labute approximate surface area is 98.2 Å². The lowest BCUT2D eigenvalue weighted by atomic mass is 9.89. The van der Waals surface area contributed by atoms with Crippen LogP contribution in [0.25, 0.3) is 0 Å². The van der Waals surface area contributed by atoms with Crippen LogP contribution in [0.3, 0.4) is 0 Å². The Morgan fingerprint density at radius 1 is 1.19 bits per heavy atom. The van der Waals surface area contributed by atoms with Crippen molar-refractivity contribution in [3.8, 4) is 0 Å². The fraction of sp³-hybridized carbons (Fsp3) is 1.00. The molecule has 0 aromatic rings. The molecule has 2 aliphatic rings. The Kier molecular flexibility index (Phi) is 3.59. The van der Waals surface area contributed by atoms with E-state index in [0.29, 0.717) is 17.4 Å². The van der Waals surface area contributed by atoms with Crippen molar-refractivity contribution >= 4 is 9.84 Å². The first-order valence-electron chi connectivity index (χ1n) is 6.42. The lowest BCUT2D eigenvalue weighted by Crippen LogP contribution is -2.29. The standard InChI is InChI=1S/C12H22O3S/c13-12(6-1-2-7-12)8-5-11-4-3-9-16(14,15)10-11/h11,13H,1-10H2. The summed E-state index contributed by atoms with van der Waals surface area (Å²) in [7, 11) is -2.78. The molecule has 0 bridgehead atoms. The van der Waals surface area contributed by atoms with Crippen molar-refractivity contribution in [2.45, 2.75) is 57.0 Å². The van der Waals surface area contributed by atoms with Crippen LogP contribution in [0.1, 0.15) is 51.4 Å². The van der Waals surface area contributed by atoms with Gasteiger partial charge in [0.05, 0.1) is 17.1 Å². The highest BCUT2D eigenvalue weighted by molar-refractivity contribution is 7.91. The lowest BCUT2D eigenvalue weighted by molar-refractivity contribution is 0.0325. The Morgan fingerprint density at radius 3 is 2.50 bits per heavy atom. The van der Waals surface area contributed by atoms with Gasteiger partial charge in [-0.3, -0.25) is 0 Å². The smallest absolute Gasteiger partial charge is 0.150 e. The van der Waals surface area contributed by atoms with Gasteiger partial charge in [0, 0.05) is 0 Å². The van der Waals surface area contributed by atoms with Crippen LogP contribution in [-0.4, -0.2) is 30.6 Å². The van der Waals surface area contributed by atoms with E-state index in [1.165, 1.54) is 0 Å². The van der Waals surface area contributed by atoms with E-state index >= 15 is 0 Å². The van der Waals surface area contributed by atoms with Gasteiger partial charge in [-0.15, -0.1) is 0 Å². The molecular weight excluding hydrogens is 224 g/mol. The van der Waals surface area contributed by atoms with Gasteiger partial charge in [0.15, 0.2) is 9.84 Å². The van der Waals surface area contributed by atoms with Crippen LogP contribution in [-0.2, 0) is 9.84 Å². The van der Waals surface area contributed by atoms with Gasteiger partial charge < -0.3 is 5.11 Å². The van der Waals surface area contributed by atoms with Crippen molar-refractivity contribution in [2.24, 2.45) is 5.92 Å². The first kappa shape index (κ1) is 12.4. The highest BCUT2D eigenvalue weighted by Gasteiger charge is 2.33. The van der Waals surface area contributed by atoms with Crippen molar-refractivity contribution in [2.75, 3.05) is 11.5 Å². The summed E-state index contributed by atoms with van der Waals surface area (Å²) in [5.74, 6) is 1.01. The number of sulfone groups is 1. The molecule has 1 saturated heterocycles. The molecule has 0 radical (unpaired) electrons. The fourth-order valence-corrected chi connectivity index (χ4v) is 4.93. The Balaban J connectivity index is 1.81. The van der Waals surface area contributed by atoms with Crippen molar-refractivity contribution in [3.63, 3.8) is 0 Å². The highest BCUT2D eigenvalue weighted by Crippen LogP contribution is 2.35. The Morgan fingerprint density at radius 2 is 1.88 bits per heavy atom. The summed E-state index contributed by atoms with van der Waals surface area (Å²) in [5, 5.41) is 10.2. The summed E-state index contributed by atoms with van der Waals surface area (Å²) >= 11 is 0. The van der Waals surface area contributed by atoms with E-state index in [1.54, 1.807) is 0 Å². The van der Waals surface area contributed by atoms with Gasteiger partial charge >= 0.3 is 0 Å². The molecule has 1 unspecified atom stereocenters. The lowest BCUT2D eigenvalue weighted by Gasteiger charge is -2.27. The molecule has 0 aromatic heterocycles. The third kappa shape index (κ3) is 3.20. The van der Waals surface area contributed by atoms with Gasteiger partial charge in [-0.05, 0) is 44.4 Å². The van der Waals surface area contributed by atoms with Gasteiger partial charge in [0.25, 0.3) is 0 Å². The first-order valence-corrected chi connectivity index (χ1v) is 8.24. The van der Waals surface area contributed by atoms with Gasteiger partial charge in [-0.1, -0.05) is 12.8 Å². The van der Waals surface area contributed by atoms with Crippen molar-refractivity contribution in [3.05, 3.63) is 0 Å². The zero-order chi connectivity index (χ0) is 11.6. The largest absolute Gasteiger partial charge is 0.390 e.